The van der Waals surface area contributed by atoms with Crippen molar-refractivity contribution in [2.45, 2.75) is 26.7 Å². The van der Waals surface area contributed by atoms with Crippen LogP contribution in [-0.4, -0.2) is 4.98 Å². The number of benzene rings is 1. The quantitative estimate of drug-likeness (QED) is 0.790. The summed E-state index contributed by atoms with van der Waals surface area (Å²) in [5.41, 5.74) is 3.65. The van der Waals surface area contributed by atoms with Crippen LogP contribution in [0.1, 0.15) is 23.9 Å². The molecule has 0 aliphatic heterocycles. The van der Waals surface area contributed by atoms with E-state index in [9.17, 15) is 0 Å². The van der Waals surface area contributed by atoms with Gasteiger partial charge in [0.05, 0.1) is 14.5 Å². The summed E-state index contributed by atoms with van der Waals surface area (Å²) in [4.78, 5) is 4.53. The molecule has 0 saturated heterocycles. The minimum absolute atomic E-state index is 1.06. The van der Waals surface area contributed by atoms with E-state index in [1.807, 2.05) is 6.92 Å². The highest BCUT2D eigenvalue weighted by Crippen LogP contribution is 2.32. The second-order valence-electron chi connectivity index (χ2n) is 3.80. The van der Waals surface area contributed by atoms with Crippen molar-refractivity contribution in [1.82, 2.24) is 4.98 Å². The fourth-order valence-corrected chi connectivity index (χ4v) is 3.38. The summed E-state index contributed by atoms with van der Waals surface area (Å²) in [6, 6.07) is 8.70. The van der Waals surface area contributed by atoms with E-state index in [1.54, 1.807) is 11.3 Å². The highest BCUT2D eigenvalue weighted by Gasteiger charge is 2.08. The first-order valence-electron chi connectivity index (χ1n) is 5.43. The van der Waals surface area contributed by atoms with Gasteiger partial charge in [0.1, 0.15) is 0 Å². The molecule has 0 atom stereocenters. The van der Waals surface area contributed by atoms with Crippen LogP contribution in [0.4, 0.5) is 0 Å². The maximum atomic E-state index is 4.53. The summed E-state index contributed by atoms with van der Waals surface area (Å²) in [6.45, 7) is 4.23. The SMILES string of the molecule is CCCc1ccc(-c2nc(C)sc2Br)cc1. The first kappa shape index (κ1) is 11.8. The van der Waals surface area contributed by atoms with Crippen molar-refractivity contribution in [2.24, 2.45) is 0 Å². The topological polar surface area (TPSA) is 12.9 Å². The van der Waals surface area contributed by atoms with Crippen molar-refractivity contribution in [3.05, 3.63) is 38.6 Å². The van der Waals surface area contributed by atoms with Crippen molar-refractivity contribution >= 4 is 27.3 Å². The number of rotatable bonds is 3. The number of hydrogen-bond donors (Lipinski definition) is 0. The second-order valence-corrected chi connectivity index (χ2v) is 6.32. The van der Waals surface area contributed by atoms with Gasteiger partial charge >= 0.3 is 0 Å². The summed E-state index contributed by atoms with van der Waals surface area (Å²) in [5.74, 6) is 0. The van der Waals surface area contributed by atoms with E-state index in [0.717, 1.165) is 20.9 Å². The number of hydrogen-bond acceptors (Lipinski definition) is 2. The maximum Gasteiger partial charge on any atom is 0.0979 e. The fraction of sp³-hybridized carbons (Fsp3) is 0.308. The highest BCUT2D eigenvalue weighted by molar-refractivity contribution is 9.11. The van der Waals surface area contributed by atoms with E-state index in [1.165, 1.54) is 17.5 Å². The summed E-state index contributed by atoms with van der Waals surface area (Å²) < 4.78 is 1.12. The molecule has 2 aromatic rings. The van der Waals surface area contributed by atoms with E-state index < -0.39 is 0 Å². The largest absolute Gasteiger partial charge is 0.240 e. The van der Waals surface area contributed by atoms with Crippen molar-refractivity contribution in [3.63, 3.8) is 0 Å². The highest BCUT2D eigenvalue weighted by atomic mass is 79.9. The predicted octanol–water partition coefficient (Wildman–Crippen LogP) is 4.83. The van der Waals surface area contributed by atoms with Crippen LogP contribution in [0, 0.1) is 6.92 Å². The Morgan fingerprint density at radius 2 is 1.94 bits per heavy atom. The number of nitrogens with zero attached hydrogens (tertiary/aromatic N) is 1. The van der Waals surface area contributed by atoms with Gasteiger partial charge in [0, 0.05) is 5.56 Å². The summed E-state index contributed by atoms with van der Waals surface area (Å²) in [6.07, 6.45) is 2.34. The van der Waals surface area contributed by atoms with E-state index >= 15 is 0 Å². The molecule has 1 aromatic heterocycles. The van der Waals surface area contributed by atoms with Crippen LogP contribution in [0.2, 0.25) is 0 Å². The summed E-state index contributed by atoms with van der Waals surface area (Å²) in [7, 11) is 0. The molecule has 0 aliphatic carbocycles. The van der Waals surface area contributed by atoms with Gasteiger partial charge in [0.2, 0.25) is 0 Å². The third-order valence-corrected chi connectivity index (χ3v) is 4.08. The molecule has 0 radical (unpaired) electrons. The van der Waals surface area contributed by atoms with Crippen LogP contribution in [0.15, 0.2) is 28.1 Å². The van der Waals surface area contributed by atoms with Gasteiger partial charge in [-0.1, -0.05) is 37.6 Å². The van der Waals surface area contributed by atoms with Crippen molar-refractivity contribution in [1.29, 1.82) is 0 Å². The third kappa shape index (κ3) is 2.53. The molecule has 0 N–H and O–H groups in total. The average molecular weight is 296 g/mol. The molecule has 3 heteroatoms. The molecular formula is C13H14BrNS. The third-order valence-electron chi connectivity index (χ3n) is 2.46. The molecule has 0 bridgehead atoms. The van der Waals surface area contributed by atoms with Gasteiger partial charge in [-0.15, -0.1) is 11.3 Å². The first-order valence-corrected chi connectivity index (χ1v) is 7.04. The Morgan fingerprint density at radius 1 is 1.25 bits per heavy atom. The predicted molar refractivity (Wildman–Crippen MR) is 74.0 cm³/mol. The van der Waals surface area contributed by atoms with Crippen LogP contribution in [0.5, 0.6) is 0 Å². The zero-order valence-corrected chi connectivity index (χ0v) is 11.9. The van der Waals surface area contributed by atoms with E-state index in [2.05, 4.69) is 52.1 Å². The van der Waals surface area contributed by atoms with Crippen LogP contribution in [-0.2, 0) is 6.42 Å². The van der Waals surface area contributed by atoms with Crippen LogP contribution < -0.4 is 0 Å². The molecule has 0 saturated carbocycles. The smallest absolute Gasteiger partial charge is 0.0979 e. The Hall–Kier alpha value is -0.670. The Bertz CT molecular complexity index is 473. The summed E-state index contributed by atoms with van der Waals surface area (Å²) >= 11 is 5.24. The molecule has 1 heterocycles. The normalized spacial score (nSPS) is 10.7. The lowest BCUT2D eigenvalue weighted by atomic mass is 10.1. The van der Waals surface area contributed by atoms with Crippen molar-refractivity contribution < 1.29 is 0 Å². The standard InChI is InChI=1S/C13H14BrNS/c1-3-4-10-5-7-11(8-6-10)12-13(14)16-9(2)15-12/h5-8H,3-4H2,1-2H3. The Balaban J connectivity index is 2.31. The molecule has 0 fully saturated rings. The van der Waals surface area contributed by atoms with E-state index in [-0.39, 0.29) is 0 Å². The van der Waals surface area contributed by atoms with Gasteiger partial charge in [0.25, 0.3) is 0 Å². The lowest BCUT2D eigenvalue weighted by Gasteiger charge is -2.01. The second kappa shape index (κ2) is 5.11. The van der Waals surface area contributed by atoms with Crippen LogP contribution >= 0.6 is 27.3 Å². The minimum Gasteiger partial charge on any atom is -0.240 e. The maximum absolute atomic E-state index is 4.53. The molecule has 0 spiro atoms. The Labute approximate surface area is 109 Å². The van der Waals surface area contributed by atoms with Gasteiger partial charge in [0.15, 0.2) is 0 Å². The first-order chi connectivity index (χ1) is 7.70. The molecule has 1 aromatic carbocycles. The van der Waals surface area contributed by atoms with Crippen molar-refractivity contribution in [2.75, 3.05) is 0 Å². The van der Waals surface area contributed by atoms with Gasteiger partial charge in [-0.3, -0.25) is 0 Å². The number of thiazole rings is 1. The van der Waals surface area contributed by atoms with E-state index in [4.69, 9.17) is 0 Å². The van der Waals surface area contributed by atoms with Gasteiger partial charge < -0.3 is 0 Å². The molecule has 0 aliphatic rings. The molecule has 2 rings (SSSR count). The Morgan fingerprint density at radius 3 is 2.44 bits per heavy atom. The fourth-order valence-electron chi connectivity index (χ4n) is 1.70. The van der Waals surface area contributed by atoms with E-state index in [0.29, 0.717) is 0 Å². The number of aromatic nitrogens is 1. The Kier molecular flexibility index (Phi) is 3.77. The average Bonchev–Trinajstić information content (AvgIpc) is 2.59. The zero-order chi connectivity index (χ0) is 11.5. The monoisotopic (exact) mass is 295 g/mol. The molecule has 1 nitrogen and oxygen atoms in total. The molecule has 0 amide bonds. The molecular weight excluding hydrogens is 282 g/mol. The lowest BCUT2D eigenvalue weighted by molar-refractivity contribution is 0.922. The number of aryl methyl sites for hydroxylation is 2. The van der Waals surface area contributed by atoms with Crippen molar-refractivity contribution in [3.8, 4) is 11.3 Å². The molecule has 16 heavy (non-hydrogen) atoms. The van der Waals surface area contributed by atoms with Gasteiger partial charge in [-0.05, 0) is 34.8 Å². The summed E-state index contributed by atoms with van der Waals surface area (Å²) in [5, 5.41) is 1.10. The molecule has 84 valence electrons. The lowest BCUT2D eigenvalue weighted by Crippen LogP contribution is -1.84. The van der Waals surface area contributed by atoms with Gasteiger partial charge in [-0.2, -0.15) is 0 Å². The zero-order valence-electron chi connectivity index (χ0n) is 9.46. The van der Waals surface area contributed by atoms with Gasteiger partial charge in [-0.25, -0.2) is 4.98 Å². The van der Waals surface area contributed by atoms with Crippen LogP contribution in [0.25, 0.3) is 11.3 Å². The van der Waals surface area contributed by atoms with Crippen LogP contribution in [0.3, 0.4) is 0 Å². The molecule has 0 unspecified atom stereocenters. The number of halogens is 1. The minimum atomic E-state index is 1.06.